The molecule has 0 amide bonds. The van der Waals surface area contributed by atoms with Crippen molar-refractivity contribution in [1.82, 2.24) is 10.2 Å². The molecule has 0 aromatic heterocycles. The molecule has 0 aliphatic rings. The van der Waals surface area contributed by atoms with E-state index in [9.17, 15) is 5.11 Å². The highest BCUT2D eigenvalue weighted by Gasteiger charge is 2.25. The largest absolute Gasteiger partial charge is 0.394 e. The normalized spacial score (nSPS) is 15.4. The van der Waals surface area contributed by atoms with Crippen LogP contribution in [0.4, 0.5) is 0 Å². The van der Waals surface area contributed by atoms with Gasteiger partial charge in [0, 0.05) is 5.54 Å². The number of aliphatic hydroxyl groups excluding tert-OH is 1. The molecule has 0 heterocycles. The predicted molar refractivity (Wildman–Crippen MR) is 70.8 cm³/mol. The zero-order valence-electron chi connectivity index (χ0n) is 11.6. The van der Waals surface area contributed by atoms with Gasteiger partial charge in [-0.25, -0.2) is 0 Å². The molecule has 0 radical (unpaired) electrons. The average Bonchev–Trinajstić information content (AvgIpc) is 2.33. The lowest BCUT2D eigenvalue weighted by Crippen LogP contribution is -2.48. The third kappa shape index (κ3) is 5.83. The Balaban J connectivity index is 4.00. The Morgan fingerprint density at radius 1 is 1.25 bits per heavy atom. The van der Waals surface area contributed by atoms with Crippen molar-refractivity contribution in [1.29, 1.82) is 0 Å². The molecule has 0 saturated heterocycles. The van der Waals surface area contributed by atoms with Crippen molar-refractivity contribution in [2.75, 3.05) is 33.3 Å². The summed E-state index contributed by atoms with van der Waals surface area (Å²) in [5.41, 5.74) is -0.0510. The number of hydrogen-bond donors (Lipinski definition) is 2. The van der Waals surface area contributed by atoms with Gasteiger partial charge in [0.15, 0.2) is 0 Å². The van der Waals surface area contributed by atoms with Crippen LogP contribution >= 0.6 is 0 Å². The van der Waals surface area contributed by atoms with Crippen LogP contribution in [0.3, 0.4) is 0 Å². The molecule has 2 N–H and O–H groups in total. The molecule has 0 saturated carbocycles. The fourth-order valence-electron chi connectivity index (χ4n) is 1.87. The molecule has 3 heteroatoms. The molecule has 3 nitrogen and oxygen atoms in total. The molecule has 0 aliphatic heterocycles. The van der Waals surface area contributed by atoms with Gasteiger partial charge in [-0.3, -0.25) is 0 Å². The summed E-state index contributed by atoms with van der Waals surface area (Å²) in [6.07, 6.45) is 4.33. The standard InChI is InChI=1S/C13H30N2O/c1-5-10-14-13(6-2,12-16)9-8-11-15(4)7-3/h14,16H,5-12H2,1-4H3. The first-order chi connectivity index (χ1) is 7.64. The Bertz CT molecular complexity index is 158. The second-order valence-corrected chi connectivity index (χ2v) is 4.72. The van der Waals surface area contributed by atoms with Crippen LogP contribution in [-0.4, -0.2) is 48.8 Å². The van der Waals surface area contributed by atoms with E-state index in [0.29, 0.717) is 0 Å². The van der Waals surface area contributed by atoms with Crippen LogP contribution in [0.1, 0.15) is 46.5 Å². The van der Waals surface area contributed by atoms with Crippen LogP contribution < -0.4 is 5.32 Å². The van der Waals surface area contributed by atoms with Gasteiger partial charge in [0.1, 0.15) is 0 Å². The number of nitrogens with one attached hydrogen (secondary N) is 1. The minimum absolute atomic E-state index is 0.0510. The lowest BCUT2D eigenvalue weighted by Gasteiger charge is -2.32. The second kappa shape index (κ2) is 8.97. The second-order valence-electron chi connectivity index (χ2n) is 4.72. The minimum atomic E-state index is -0.0510. The summed E-state index contributed by atoms with van der Waals surface area (Å²) in [6, 6.07) is 0. The van der Waals surface area contributed by atoms with Crippen LogP contribution in [-0.2, 0) is 0 Å². The van der Waals surface area contributed by atoms with E-state index in [0.717, 1.165) is 45.3 Å². The zero-order chi connectivity index (χ0) is 12.4. The van der Waals surface area contributed by atoms with Gasteiger partial charge in [-0.2, -0.15) is 0 Å². The Kier molecular flexibility index (Phi) is 8.90. The molecule has 0 spiro atoms. The average molecular weight is 230 g/mol. The van der Waals surface area contributed by atoms with Crippen molar-refractivity contribution in [3.8, 4) is 0 Å². The van der Waals surface area contributed by atoms with E-state index >= 15 is 0 Å². The first-order valence-corrected chi connectivity index (χ1v) is 6.68. The number of hydrogen-bond acceptors (Lipinski definition) is 3. The van der Waals surface area contributed by atoms with Gasteiger partial charge < -0.3 is 15.3 Å². The van der Waals surface area contributed by atoms with E-state index in [-0.39, 0.29) is 12.1 Å². The Morgan fingerprint density at radius 3 is 2.38 bits per heavy atom. The molecule has 0 aliphatic carbocycles. The van der Waals surface area contributed by atoms with E-state index in [1.807, 2.05) is 0 Å². The fraction of sp³-hybridized carbons (Fsp3) is 1.00. The summed E-state index contributed by atoms with van der Waals surface area (Å²) in [4.78, 5) is 2.32. The van der Waals surface area contributed by atoms with Gasteiger partial charge in [0.05, 0.1) is 6.61 Å². The van der Waals surface area contributed by atoms with E-state index < -0.39 is 0 Å². The fourth-order valence-corrected chi connectivity index (χ4v) is 1.87. The van der Waals surface area contributed by atoms with Crippen molar-refractivity contribution in [3.05, 3.63) is 0 Å². The van der Waals surface area contributed by atoms with Crippen LogP contribution in [0, 0.1) is 0 Å². The Hall–Kier alpha value is -0.120. The molecule has 16 heavy (non-hydrogen) atoms. The van der Waals surface area contributed by atoms with Gasteiger partial charge in [-0.15, -0.1) is 0 Å². The molecule has 0 aromatic carbocycles. The lowest BCUT2D eigenvalue weighted by molar-refractivity contribution is 0.140. The van der Waals surface area contributed by atoms with Gasteiger partial charge in [-0.05, 0) is 52.4 Å². The van der Waals surface area contributed by atoms with E-state index in [2.05, 4.69) is 38.0 Å². The maximum Gasteiger partial charge on any atom is 0.0613 e. The van der Waals surface area contributed by atoms with Crippen LogP contribution in [0.2, 0.25) is 0 Å². The van der Waals surface area contributed by atoms with Crippen molar-refractivity contribution in [3.63, 3.8) is 0 Å². The maximum atomic E-state index is 9.55. The van der Waals surface area contributed by atoms with E-state index in [4.69, 9.17) is 0 Å². The minimum Gasteiger partial charge on any atom is -0.394 e. The summed E-state index contributed by atoms with van der Waals surface area (Å²) >= 11 is 0. The Morgan fingerprint density at radius 2 is 1.94 bits per heavy atom. The summed E-state index contributed by atoms with van der Waals surface area (Å²) in [7, 11) is 2.14. The smallest absolute Gasteiger partial charge is 0.0613 e. The quantitative estimate of drug-likeness (QED) is 0.601. The highest BCUT2D eigenvalue weighted by Crippen LogP contribution is 2.17. The van der Waals surface area contributed by atoms with Crippen molar-refractivity contribution in [2.45, 2.75) is 52.0 Å². The molecule has 1 atom stereocenters. The van der Waals surface area contributed by atoms with Crippen LogP contribution in [0.15, 0.2) is 0 Å². The van der Waals surface area contributed by atoms with Gasteiger partial charge in [0.25, 0.3) is 0 Å². The summed E-state index contributed by atoms with van der Waals surface area (Å²) < 4.78 is 0. The summed E-state index contributed by atoms with van der Waals surface area (Å²) in [5.74, 6) is 0. The SMILES string of the molecule is CCCNC(CC)(CO)CCCN(C)CC. The molecule has 0 fully saturated rings. The Labute approximate surface area is 101 Å². The molecule has 0 aromatic rings. The molecule has 98 valence electrons. The molecular weight excluding hydrogens is 200 g/mol. The van der Waals surface area contributed by atoms with Gasteiger partial charge in [0.2, 0.25) is 0 Å². The number of rotatable bonds is 10. The third-order valence-electron chi connectivity index (χ3n) is 3.46. The first-order valence-electron chi connectivity index (χ1n) is 6.68. The molecule has 0 bridgehead atoms. The van der Waals surface area contributed by atoms with Crippen molar-refractivity contribution >= 4 is 0 Å². The highest BCUT2D eigenvalue weighted by molar-refractivity contribution is 4.86. The zero-order valence-corrected chi connectivity index (χ0v) is 11.6. The predicted octanol–water partition coefficient (Wildman–Crippen LogP) is 1.86. The van der Waals surface area contributed by atoms with Crippen molar-refractivity contribution < 1.29 is 5.11 Å². The lowest BCUT2D eigenvalue weighted by atomic mass is 9.91. The van der Waals surface area contributed by atoms with Crippen LogP contribution in [0.25, 0.3) is 0 Å². The third-order valence-corrected chi connectivity index (χ3v) is 3.46. The van der Waals surface area contributed by atoms with Gasteiger partial charge in [-0.1, -0.05) is 20.8 Å². The summed E-state index contributed by atoms with van der Waals surface area (Å²) in [5, 5.41) is 13.1. The van der Waals surface area contributed by atoms with Crippen molar-refractivity contribution in [2.24, 2.45) is 0 Å². The number of aliphatic hydroxyl groups is 1. The molecule has 0 rings (SSSR count). The van der Waals surface area contributed by atoms with E-state index in [1.54, 1.807) is 0 Å². The van der Waals surface area contributed by atoms with Crippen LogP contribution in [0.5, 0.6) is 0 Å². The monoisotopic (exact) mass is 230 g/mol. The highest BCUT2D eigenvalue weighted by atomic mass is 16.3. The van der Waals surface area contributed by atoms with Gasteiger partial charge >= 0.3 is 0 Å². The first kappa shape index (κ1) is 15.9. The topological polar surface area (TPSA) is 35.5 Å². The van der Waals surface area contributed by atoms with E-state index in [1.165, 1.54) is 0 Å². The maximum absolute atomic E-state index is 9.55. The summed E-state index contributed by atoms with van der Waals surface area (Å²) in [6.45, 7) is 9.95. The molecule has 1 unspecified atom stereocenters. The number of nitrogens with zero attached hydrogens (tertiary/aromatic N) is 1. The molecular formula is C13H30N2O.